The number of likely N-dealkylation sites (tertiary alicyclic amines) is 1. The monoisotopic (exact) mass is 376 g/mol. The third-order valence-corrected chi connectivity index (χ3v) is 5.19. The predicted octanol–water partition coefficient (Wildman–Crippen LogP) is 4.40. The highest BCUT2D eigenvalue weighted by Gasteiger charge is 2.38. The van der Waals surface area contributed by atoms with E-state index in [9.17, 15) is 4.79 Å². The maximum atomic E-state index is 12.9. The number of carbonyl (C=O) groups excluding carboxylic acids is 1. The molecule has 1 aliphatic rings. The molecule has 1 aromatic carbocycles. The zero-order valence-corrected chi connectivity index (χ0v) is 16.3. The summed E-state index contributed by atoms with van der Waals surface area (Å²) in [6, 6.07) is 7.54. The first-order valence-electron chi connectivity index (χ1n) is 8.96. The van der Waals surface area contributed by atoms with Crippen molar-refractivity contribution >= 4 is 17.5 Å². The van der Waals surface area contributed by atoms with Crippen molar-refractivity contribution in [1.82, 2.24) is 9.88 Å². The van der Waals surface area contributed by atoms with E-state index in [1.807, 2.05) is 29.2 Å². The number of methoxy groups -OCH3 is 1. The second-order valence-electron chi connectivity index (χ2n) is 7.19. The first kappa shape index (κ1) is 18.9. The van der Waals surface area contributed by atoms with Gasteiger partial charge in [0.2, 0.25) is 5.89 Å². The van der Waals surface area contributed by atoms with E-state index in [1.54, 1.807) is 27.2 Å². The molecule has 1 unspecified atom stereocenters. The van der Waals surface area contributed by atoms with Gasteiger partial charge in [0.05, 0.1) is 6.20 Å². The van der Waals surface area contributed by atoms with Crippen molar-refractivity contribution < 1.29 is 13.9 Å². The fourth-order valence-corrected chi connectivity index (χ4v) is 3.35. The lowest BCUT2D eigenvalue weighted by atomic mass is 9.98. The highest BCUT2D eigenvalue weighted by Crippen LogP contribution is 2.33. The van der Waals surface area contributed by atoms with E-state index in [2.05, 4.69) is 4.98 Å². The molecular weight excluding hydrogens is 352 g/mol. The molecule has 1 fully saturated rings. The summed E-state index contributed by atoms with van der Waals surface area (Å²) in [6.45, 7) is 4.29. The molecule has 0 radical (unpaired) electrons. The maximum absolute atomic E-state index is 12.9. The minimum Gasteiger partial charge on any atom is -0.443 e. The lowest BCUT2D eigenvalue weighted by molar-refractivity contribution is -0.155. The summed E-state index contributed by atoms with van der Waals surface area (Å²) in [5.74, 6) is 1.36. The second kappa shape index (κ2) is 7.80. The molecule has 1 amide bonds. The van der Waals surface area contributed by atoms with E-state index in [-0.39, 0.29) is 11.9 Å². The van der Waals surface area contributed by atoms with Gasteiger partial charge in [-0.2, -0.15) is 0 Å². The van der Waals surface area contributed by atoms with Gasteiger partial charge in [-0.3, -0.25) is 4.79 Å². The SMILES string of the molecule is COC(C)(C)C(=O)N1CCCCC1c1ncc(Cc2ccc(Cl)cc2)o1. The summed E-state index contributed by atoms with van der Waals surface area (Å²) in [5, 5.41) is 0.712. The Morgan fingerprint density at radius 1 is 1.35 bits per heavy atom. The Morgan fingerprint density at radius 3 is 2.77 bits per heavy atom. The summed E-state index contributed by atoms with van der Waals surface area (Å²) in [5.41, 5.74) is 0.253. The Morgan fingerprint density at radius 2 is 2.08 bits per heavy atom. The Labute approximate surface area is 159 Å². The van der Waals surface area contributed by atoms with Crippen LogP contribution in [0.15, 0.2) is 34.9 Å². The molecule has 3 rings (SSSR count). The van der Waals surface area contributed by atoms with Gasteiger partial charge in [0, 0.05) is 25.1 Å². The van der Waals surface area contributed by atoms with Crippen molar-refractivity contribution in [2.75, 3.05) is 13.7 Å². The highest BCUT2D eigenvalue weighted by molar-refractivity contribution is 6.30. The minimum absolute atomic E-state index is 0.0258. The third kappa shape index (κ3) is 4.10. The number of ether oxygens (including phenoxy) is 1. The van der Waals surface area contributed by atoms with Crippen LogP contribution in [-0.2, 0) is 16.0 Å². The smallest absolute Gasteiger partial charge is 0.254 e. The average molecular weight is 377 g/mol. The van der Waals surface area contributed by atoms with Crippen molar-refractivity contribution in [3.8, 4) is 0 Å². The van der Waals surface area contributed by atoms with Crippen LogP contribution in [0.2, 0.25) is 5.02 Å². The van der Waals surface area contributed by atoms with Crippen LogP contribution < -0.4 is 0 Å². The molecule has 1 aliphatic heterocycles. The van der Waals surface area contributed by atoms with Crippen LogP contribution >= 0.6 is 11.6 Å². The zero-order chi connectivity index (χ0) is 18.7. The van der Waals surface area contributed by atoms with E-state index in [0.717, 1.165) is 30.6 Å². The van der Waals surface area contributed by atoms with Gasteiger partial charge in [0.25, 0.3) is 5.91 Å². The highest BCUT2D eigenvalue weighted by atomic mass is 35.5. The first-order valence-corrected chi connectivity index (χ1v) is 9.34. The number of piperidine rings is 1. The number of carbonyl (C=O) groups is 1. The molecule has 0 spiro atoms. The van der Waals surface area contributed by atoms with Crippen molar-refractivity contribution in [2.24, 2.45) is 0 Å². The summed E-state index contributed by atoms with van der Waals surface area (Å²) >= 11 is 5.93. The maximum Gasteiger partial charge on any atom is 0.254 e. The molecule has 1 aromatic heterocycles. The standard InChI is InChI=1S/C20H25ClN2O3/c1-20(2,25-3)19(24)23-11-5-4-6-17(23)18-22-13-16(26-18)12-14-7-9-15(21)10-8-14/h7-10,13,17H,4-6,11-12H2,1-3H3. The van der Waals surface area contributed by atoms with Gasteiger partial charge in [-0.05, 0) is 50.8 Å². The Kier molecular flexibility index (Phi) is 5.68. The van der Waals surface area contributed by atoms with E-state index < -0.39 is 5.60 Å². The van der Waals surface area contributed by atoms with Gasteiger partial charge >= 0.3 is 0 Å². The first-order chi connectivity index (χ1) is 12.4. The van der Waals surface area contributed by atoms with Crippen LogP contribution in [0.4, 0.5) is 0 Å². The quantitative estimate of drug-likeness (QED) is 0.776. The fraction of sp³-hybridized carbons (Fsp3) is 0.500. The number of aromatic nitrogens is 1. The molecule has 5 nitrogen and oxygen atoms in total. The van der Waals surface area contributed by atoms with E-state index >= 15 is 0 Å². The Balaban J connectivity index is 1.77. The molecule has 1 atom stereocenters. The summed E-state index contributed by atoms with van der Waals surface area (Å²) < 4.78 is 11.4. The normalized spacial score (nSPS) is 18.2. The number of nitrogens with zero attached hydrogens (tertiary/aromatic N) is 2. The summed E-state index contributed by atoms with van der Waals surface area (Å²) in [7, 11) is 1.56. The van der Waals surface area contributed by atoms with Crippen molar-refractivity contribution in [3.63, 3.8) is 0 Å². The van der Waals surface area contributed by atoms with Crippen LogP contribution in [0.25, 0.3) is 0 Å². The number of oxazole rings is 1. The average Bonchev–Trinajstić information content (AvgIpc) is 3.11. The molecule has 0 N–H and O–H groups in total. The van der Waals surface area contributed by atoms with Crippen LogP contribution in [0.3, 0.4) is 0 Å². The Bertz CT molecular complexity index is 755. The molecule has 0 bridgehead atoms. The molecule has 2 heterocycles. The predicted molar refractivity (Wildman–Crippen MR) is 100 cm³/mol. The van der Waals surface area contributed by atoms with E-state index in [4.69, 9.17) is 20.8 Å². The fourth-order valence-electron chi connectivity index (χ4n) is 3.23. The molecule has 0 aliphatic carbocycles. The molecule has 6 heteroatoms. The van der Waals surface area contributed by atoms with Gasteiger partial charge in [0.1, 0.15) is 17.4 Å². The minimum atomic E-state index is -0.853. The number of hydrogen-bond acceptors (Lipinski definition) is 4. The van der Waals surface area contributed by atoms with Gasteiger partial charge in [-0.15, -0.1) is 0 Å². The van der Waals surface area contributed by atoms with Crippen LogP contribution in [0, 0.1) is 0 Å². The molecule has 26 heavy (non-hydrogen) atoms. The van der Waals surface area contributed by atoms with Crippen molar-refractivity contribution in [1.29, 1.82) is 0 Å². The lowest BCUT2D eigenvalue weighted by Gasteiger charge is -2.38. The molecule has 2 aromatic rings. The second-order valence-corrected chi connectivity index (χ2v) is 7.63. The number of halogens is 1. The van der Waals surface area contributed by atoms with Crippen LogP contribution in [0.5, 0.6) is 0 Å². The van der Waals surface area contributed by atoms with Crippen LogP contribution in [-0.4, -0.2) is 35.0 Å². The lowest BCUT2D eigenvalue weighted by Crippen LogP contribution is -2.49. The van der Waals surface area contributed by atoms with Crippen LogP contribution in [0.1, 0.15) is 56.4 Å². The number of hydrogen-bond donors (Lipinski definition) is 0. The molecule has 0 saturated carbocycles. The van der Waals surface area contributed by atoms with Crippen molar-refractivity contribution in [3.05, 3.63) is 52.7 Å². The van der Waals surface area contributed by atoms with Gasteiger partial charge in [0.15, 0.2) is 0 Å². The number of benzene rings is 1. The molecule has 140 valence electrons. The number of rotatable bonds is 5. The zero-order valence-electron chi connectivity index (χ0n) is 15.5. The summed E-state index contributed by atoms with van der Waals surface area (Å²) in [6.07, 6.45) is 5.29. The third-order valence-electron chi connectivity index (χ3n) is 4.94. The van der Waals surface area contributed by atoms with Gasteiger partial charge < -0.3 is 14.1 Å². The van der Waals surface area contributed by atoms with Crippen molar-refractivity contribution in [2.45, 2.75) is 51.2 Å². The van der Waals surface area contributed by atoms with Gasteiger partial charge in [-0.1, -0.05) is 23.7 Å². The largest absolute Gasteiger partial charge is 0.443 e. The topological polar surface area (TPSA) is 55.6 Å². The summed E-state index contributed by atoms with van der Waals surface area (Å²) in [4.78, 5) is 19.2. The van der Waals surface area contributed by atoms with E-state index in [1.165, 1.54) is 0 Å². The molecular formula is C20H25ClN2O3. The van der Waals surface area contributed by atoms with Gasteiger partial charge in [-0.25, -0.2) is 4.98 Å². The van der Waals surface area contributed by atoms with E-state index in [0.29, 0.717) is 23.9 Å². The Hall–Kier alpha value is -1.85. The number of amides is 1. The molecule has 1 saturated heterocycles.